The van der Waals surface area contributed by atoms with Crippen LogP contribution in [0.25, 0.3) is 0 Å². The molecule has 0 amide bonds. The summed E-state index contributed by atoms with van der Waals surface area (Å²) in [6.07, 6.45) is 1.73. The van der Waals surface area contributed by atoms with E-state index in [0.717, 1.165) is 17.0 Å². The molecule has 1 heterocycles. The quantitative estimate of drug-likeness (QED) is 0.855. The summed E-state index contributed by atoms with van der Waals surface area (Å²) in [7, 11) is 0. The second-order valence-electron chi connectivity index (χ2n) is 3.49. The molecular weight excluding hydrogens is 202 g/mol. The van der Waals surface area contributed by atoms with Gasteiger partial charge in [-0.25, -0.2) is 0 Å². The Morgan fingerprint density at radius 1 is 1.25 bits per heavy atom. The van der Waals surface area contributed by atoms with Crippen molar-refractivity contribution < 1.29 is 9.84 Å². The van der Waals surface area contributed by atoms with Gasteiger partial charge in [0, 0.05) is 6.20 Å². The number of aromatic nitrogens is 1. The molecule has 0 aliphatic rings. The summed E-state index contributed by atoms with van der Waals surface area (Å²) in [6, 6.07) is 11.1. The lowest BCUT2D eigenvalue weighted by molar-refractivity contribution is 0.281. The third-order valence-electron chi connectivity index (χ3n) is 2.27. The van der Waals surface area contributed by atoms with Crippen molar-refractivity contribution in [3.8, 4) is 11.5 Å². The van der Waals surface area contributed by atoms with E-state index in [1.54, 1.807) is 6.20 Å². The molecule has 0 saturated heterocycles. The highest BCUT2D eigenvalue weighted by Crippen LogP contribution is 2.23. The van der Waals surface area contributed by atoms with E-state index in [1.807, 2.05) is 43.3 Å². The van der Waals surface area contributed by atoms with Crippen LogP contribution in [0, 0.1) is 6.92 Å². The van der Waals surface area contributed by atoms with E-state index in [1.165, 1.54) is 0 Å². The molecule has 3 nitrogen and oxygen atoms in total. The predicted octanol–water partition coefficient (Wildman–Crippen LogP) is 2.67. The Morgan fingerprint density at radius 2 is 2.12 bits per heavy atom. The largest absolute Gasteiger partial charge is 0.455 e. The maximum atomic E-state index is 9.01. The Morgan fingerprint density at radius 3 is 2.88 bits per heavy atom. The van der Waals surface area contributed by atoms with Gasteiger partial charge in [-0.05, 0) is 36.8 Å². The molecule has 0 aliphatic carbocycles. The molecule has 1 N–H and O–H groups in total. The van der Waals surface area contributed by atoms with Crippen molar-refractivity contribution in [2.24, 2.45) is 0 Å². The molecule has 1 aromatic heterocycles. The van der Waals surface area contributed by atoms with Gasteiger partial charge in [0.2, 0.25) is 0 Å². The van der Waals surface area contributed by atoms with E-state index >= 15 is 0 Å². The summed E-state index contributed by atoms with van der Waals surface area (Å²) >= 11 is 0. The summed E-state index contributed by atoms with van der Waals surface area (Å²) < 4.78 is 5.68. The molecule has 0 atom stereocenters. The zero-order valence-corrected chi connectivity index (χ0v) is 9.05. The van der Waals surface area contributed by atoms with E-state index in [2.05, 4.69) is 4.98 Å². The van der Waals surface area contributed by atoms with Crippen molar-refractivity contribution >= 4 is 0 Å². The zero-order valence-electron chi connectivity index (χ0n) is 9.05. The first-order valence-corrected chi connectivity index (χ1v) is 5.09. The van der Waals surface area contributed by atoms with Gasteiger partial charge in [-0.2, -0.15) is 0 Å². The number of hydrogen-bond donors (Lipinski definition) is 1. The first kappa shape index (κ1) is 10.6. The third kappa shape index (κ3) is 2.38. The molecule has 3 heteroatoms. The second kappa shape index (κ2) is 4.77. The lowest BCUT2D eigenvalue weighted by Gasteiger charge is -2.08. The van der Waals surface area contributed by atoms with Crippen LogP contribution in [0.5, 0.6) is 11.5 Å². The maximum Gasteiger partial charge on any atom is 0.148 e. The number of benzene rings is 1. The van der Waals surface area contributed by atoms with Gasteiger partial charge in [-0.3, -0.25) is 4.98 Å². The van der Waals surface area contributed by atoms with Gasteiger partial charge >= 0.3 is 0 Å². The molecule has 2 rings (SSSR count). The Kier molecular flexibility index (Phi) is 3.17. The number of aliphatic hydroxyl groups is 1. The summed E-state index contributed by atoms with van der Waals surface area (Å²) in [6.45, 7) is 1.91. The number of aryl methyl sites for hydroxylation is 1. The molecule has 0 fully saturated rings. The van der Waals surface area contributed by atoms with Gasteiger partial charge < -0.3 is 9.84 Å². The van der Waals surface area contributed by atoms with Crippen LogP contribution in [0.1, 0.15) is 11.3 Å². The molecule has 0 saturated carbocycles. The van der Waals surface area contributed by atoms with E-state index in [-0.39, 0.29) is 6.61 Å². The fraction of sp³-hybridized carbons (Fsp3) is 0.154. The van der Waals surface area contributed by atoms with Crippen molar-refractivity contribution in [2.45, 2.75) is 13.5 Å². The smallest absolute Gasteiger partial charge is 0.148 e. The summed E-state index contributed by atoms with van der Waals surface area (Å²) in [4.78, 5) is 4.14. The summed E-state index contributed by atoms with van der Waals surface area (Å²) in [5, 5.41) is 9.01. The van der Waals surface area contributed by atoms with Crippen LogP contribution < -0.4 is 4.74 Å². The molecule has 0 unspecified atom stereocenters. The lowest BCUT2D eigenvalue weighted by Crippen LogP contribution is -1.90. The minimum Gasteiger partial charge on any atom is -0.455 e. The molecule has 16 heavy (non-hydrogen) atoms. The monoisotopic (exact) mass is 215 g/mol. The number of hydrogen-bond acceptors (Lipinski definition) is 3. The minimum atomic E-state index is 0.0171. The van der Waals surface area contributed by atoms with Crippen molar-refractivity contribution in [2.75, 3.05) is 0 Å². The van der Waals surface area contributed by atoms with Crippen LogP contribution in [-0.2, 0) is 6.61 Å². The van der Waals surface area contributed by atoms with Gasteiger partial charge in [-0.1, -0.05) is 12.1 Å². The molecule has 0 bridgehead atoms. The highest BCUT2D eigenvalue weighted by Gasteiger charge is 2.01. The maximum absolute atomic E-state index is 9.01. The van der Waals surface area contributed by atoms with E-state index < -0.39 is 0 Å². The van der Waals surface area contributed by atoms with Crippen LogP contribution in [0.4, 0.5) is 0 Å². The molecule has 0 spiro atoms. The van der Waals surface area contributed by atoms with E-state index in [4.69, 9.17) is 9.84 Å². The average molecular weight is 215 g/mol. The normalized spacial score (nSPS) is 10.1. The number of pyridine rings is 1. The van der Waals surface area contributed by atoms with Gasteiger partial charge in [0.15, 0.2) is 0 Å². The number of rotatable bonds is 3. The van der Waals surface area contributed by atoms with Crippen LogP contribution in [0.3, 0.4) is 0 Å². The molecule has 0 aliphatic heterocycles. The SMILES string of the molecule is Cc1ncccc1Oc1cccc(CO)c1. The topological polar surface area (TPSA) is 42.4 Å². The Hall–Kier alpha value is -1.87. The molecule has 2 aromatic rings. The van der Waals surface area contributed by atoms with Crippen LogP contribution in [0.15, 0.2) is 42.6 Å². The zero-order chi connectivity index (χ0) is 11.4. The third-order valence-corrected chi connectivity index (χ3v) is 2.27. The first-order valence-electron chi connectivity index (χ1n) is 5.09. The molecular formula is C13H13NO2. The van der Waals surface area contributed by atoms with Gasteiger partial charge in [0.1, 0.15) is 11.5 Å². The van der Waals surface area contributed by atoms with Crippen molar-refractivity contribution in [3.05, 3.63) is 53.9 Å². The Bertz CT molecular complexity index is 483. The number of aliphatic hydroxyl groups excluding tert-OH is 1. The molecule has 0 radical (unpaired) electrons. The fourth-order valence-corrected chi connectivity index (χ4v) is 1.41. The van der Waals surface area contributed by atoms with Crippen molar-refractivity contribution in [3.63, 3.8) is 0 Å². The van der Waals surface area contributed by atoms with Crippen LogP contribution in [0.2, 0.25) is 0 Å². The highest BCUT2D eigenvalue weighted by molar-refractivity contribution is 5.35. The van der Waals surface area contributed by atoms with E-state index in [9.17, 15) is 0 Å². The average Bonchev–Trinajstić information content (AvgIpc) is 2.32. The van der Waals surface area contributed by atoms with Gasteiger partial charge in [0.05, 0.1) is 12.3 Å². The second-order valence-corrected chi connectivity index (χ2v) is 3.49. The molecule has 1 aromatic carbocycles. The first-order chi connectivity index (χ1) is 7.79. The number of ether oxygens (including phenoxy) is 1. The minimum absolute atomic E-state index is 0.0171. The lowest BCUT2D eigenvalue weighted by atomic mass is 10.2. The standard InChI is InChI=1S/C13H13NO2/c1-10-13(6-3-7-14-10)16-12-5-2-4-11(8-12)9-15/h2-8,15H,9H2,1H3. The Balaban J connectivity index is 2.24. The number of nitrogens with zero attached hydrogens (tertiary/aromatic N) is 1. The van der Waals surface area contributed by atoms with E-state index in [0.29, 0.717) is 5.75 Å². The fourth-order valence-electron chi connectivity index (χ4n) is 1.41. The van der Waals surface area contributed by atoms with Crippen molar-refractivity contribution in [1.82, 2.24) is 4.98 Å². The summed E-state index contributed by atoms with van der Waals surface area (Å²) in [5.74, 6) is 1.44. The Labute approximate surface area is 94.3 Å². The van der Waals surface area contributed by atoms with Gasteiger partial charge in [-0.15, -0.1) is 0 Å². The van der Waals surface area contributed by atoms with Crippen LogP contribution >= 0.6 is 0 Å². The predicted molar refractivity (Wildman–Crippen MR) is 61.4 cm³/mol. The molecule has 82 valence electrons. The van der Waals surface area contributed by atoms with Crippen LogP contribution in [-0.4, -0.2) is 10.1 Å². The van der Waals surface area contributed by atoms with Gasteiger partial charge in [0.25, 0.3) is 0 Å². The summed E-state index contributed by atoms with van der Waals surface area (Å²) in [5.41, 5.74) is 1.68. The highest BCUT2D eigenvalue weighted by atomic mass is 16.5. The van der Waals surface area contributed by atoms with Crippen molar-refractivity contribution in [1.29, 1.82) is 0 Å².